The second-order valence-electron chi connectivity index (χ2n) is 7.85. The van der Waals surface area contributed by atoms with Gasteiger partial charge in [-0.3, -0.25) is 9.78 Å². The van der Waals surface area contributed by atoms with E-state index in [1.54, 1.807) is 19.5 Å². The van der Waals surface area contributed by atoms with Gasteiger partial charge in [-0.1, -0.05) is 30.3 Å². The van der Waals surface area contributed by atoms with E-state index in [1.165, 1.54) is 0 Å². The van der Waals surface area contributed by atoms with E-state index in [0.717, 1.165) is 41.5 Å². The molecule has 1 fully saturated rings. The lowest BCUT2D eigenvalue weighted by Crippen LogP contribution is -2.49. The second-order valence-corrected chi connectivity index (χ2v) is 7.85. The summed E-state index contributed by atoms with van der Waals surface area (Å²) < 4.78 is 7.32. The molecule has 5 rings (SSSR count). The summed E-state index contributed by atoms with van der Waals surface area (Å²) in [5.41, 5.74) is 4.14. The van der Waals surface area contributed by atoms with E-state index in [1.807, 2.05) is 76.3 Å². The highest BCUT2D eigenvalue weighted by molar-refractivity contribution is 5.94. The summed E-state index contributed by atoms with van der Waals surface area (Å²) in [6.07, 6.45) is 3.52. The van der Waals surface area contributed by atoms with E-state index in [4.69, 9.17) is 9.84 Å². The number of nitrogens with zero attached hydrogens (tertiary/aromatic N) is 5. The van der Waals surface area contributed by atoms with Gasteiger partial charge in [-0.25, -0.2) is 4.68 Å². The minimum absolute atomic E-state index is 0.0606. The van der Waals surface area contributed by atoms with Crippen LogP contribution in [0, 0.1) is 0 Å². The average molecular weight is 440 g/mol. The highest BCUT2D eigenvalue weighted by Crippen LogP contribution is 2.29. The molecule has 3 heterocycles. The van der Waals surface area contributed by atoms with Gasteiger partial charge < -0.3 is 14.5 Å². The van der Waals surface area contributed by atoms with E-state index in [9.17, 15) is 4.79 Å². The molecular formula is C26H25N5O2. The summed E-state index contributed by atoms with van der Waals surface area (Å²) in [7, 11) is 1.68. The van der Waals surface area contributed by atoms with E-state index in [2.05, 4.69) is 16.0 Å². The summed E-state index contributed by atoms with van der Waals surface area (Å²) in [6, 6.07) is 23.5. The molecule has 0 saturated carbocycles. The van der Waals surface area contributed by atoms with Gasteiger partial charge in [0, 0.05) is 44.1 Å². The Bertz CT molecular complexity index is 1180. The number of carbonyl (C=O) groups is 1. The third kappa shape index (κ3) is 4.17. The Hall–Kier alpha value is -4.13. The number of amides is 1. The number of hydrogen-bond acceptors (Lipinski definition) is 5. The van der Waals surface area contributed by atoms with Crippen molar-refractivity contribution >= 4 is 11.6 Å². The van der Waals surface area contributed by atoms with Crippen molar-refractivity contribution in [3.05, 3.63) is 90.9 Å². The van der Waals surface area contributed by atoms with Crippen LogP contribution < -0.4 is 9.64 Å². The standard InChI is InChI=1S/C26H25N5O2/c1-33-25-12-6-5-11-23(25)29-14-16-30(17-15-29)26(32)22-18-24(20-8-7-13-27-19-20)31(28-22)21-9-3-2-4-10-21/h2-13,18-19H,14-17H2,1H3. The highest BCUT2D eigenvalue weighted by atomic mass is 16.5. The van der Waals surface area contributed by atoms with E-state index < -0.39 is 0 Å². The van der Waals surface area contributed by atoms with E-state index in [0.29, 0.717) is 18.8 Å². The number of rotatable bonds is 5. The average Bonchev–Trinajstić information content (AvgIpc) is 3.35. The predicted molar refractivity (Wildman–Crippen MR) is 128 cm³/mol. The van der Waals surface area contributed by atoms with Crippen molar-refractivity contribution in [1.29, 1.82) is 0 Å². The van der Waals surface area contributed by atoms with Gasteiger partial charge in [0.05, 0.1) is 24.2 Å². The number of anilines is 1. The molecule has 1 saturated heterocycles. The van der Waals surface area contributed by atoms with Crippen molar-refractivity contribution in [2.75, 3.05) is 38.2 Å². The Morgan fingerprint density at radius 2 is 1.67 bits per heavy atom. The van der Waals surface area contributed by atoms with Crippen molar-refractivity contribution in [3.8, 4) is 22.7 Å². The number of piperazine rings is 1. The Morgan fingerprint density at radius 1 is 0.909 bits per heavy atom. The predicted octanol–water partition coefficient (Wildman–Crippen LogP) is 3.91. The summed E-state index contributed by atoms with van der Waals surface area (Å²) in [5.74, 6) is 0.787. The van der Waals surface area contributed by atoms with Crippen molar-refractivity contribution in [2.45, 2.75) is 0 Å². The lowest BCUT2D eigenvalue weighted by Gasteiger charge is -2.36. The Labute approximate surface area is 192 Å². The van der Waals surface area contributed by atoms with Crippen LogP contribution in [0.15, 0.2) is 85.2 Å². The molecule has 1 amide bonds. The van der Waals surface area contributed by atoms with Crippen LogP contribution in [0.5, 0.6) is 5.75 Å². The minimum Gasteiger partial charge on any atom is -0.495 e. The minimum atomic E-state index is -0.0606. The van der Waals surface area contributed by atoms with Crippen LogP contribution in [0.2, 0.25) is 0 Å². The molecule has 0 N–H and O–H groups in total. The SMILES string of the molecule is COc1ccccc1N1CCN(C(=O)c2cc(-c3cccnc3)n(-c3ccccc3)n2)CC1. The largest absolute Gasteiger partial charge is 0.495 e. The van der Waals surface area contributed by atoms with Crippen molar-refractivity contribution < 1.29 is 9.53 Å². The first-order valence-corrected chi connectivity index (χ1v) is 11.0. The molecule has 0 bridgehead atoms. The first-order chi connectivity index (χ1) is 16.2. The normalized spacial score (nSPS) is 13.7. The summed E-state index contributed by atoms with van der Waals surface area (Å²) in [6.45, 7) is 2.72. The lowest BCUT2D eigenvalue weighted by molar-refractivity contribution is 0.0740. The van der Waals surface area contributed by atoms with Crippen LogP contribution in [0.1, 0.15) is 10.5 Å². The molecule has 2 aromatic carbocycles. The van der Waals surface area contributed by atoms with Gasteiger partial charge in [-0.05, 0) is 42.5 Å². The molecule has 0 radical (unpaired) electrons. The third-order valence-electron chi connectivity index (χ3n) is 5.88. The van der Waals surface area contributed by atoms with Gasteiger partial charge in [0.2, 0.25) is 0 Å². The fourth-order valence-electron chi connectivity index (χ4n) is 4.17. The van der Waals surface area contributed by atoms with Gasteiger partial charge in [0.1, 0.15) is 5.75 Å². The van der Waals surface area contributed by atoms with Crippen LogP contribution >= 0.6 is 0 Å². The fourth-order valence-corrected chi connectivity index (χ4v) is 4.17. The van der Waals surface area contributed by atoms with Crippen LogP contribution in [-0.2, 0) is 0 Å². The van der Waals surface area contributed by atoms with E-state index >= 15 is 0 Å². The molecule has 1 aliphatic rings. The van der Waals surface area contributed by atoms with Crippen LogP contribution in [0.25, 0.3) is 16.9 Å². The number of carbonyl (C=O) groups excluding carboxylic acids is 1. The van der Waals surface area contributed by atoms with Gasteiger partial charge in [-0.15, -0.1) is 0 Å². The molecule has 2 aromatic heterocycles. The van der Waals surface area contributed by atoms with Gasteiger partial charge in [-0.2, -0.15) is 5.10 Å². The number of ether oxygens (including phenoxy) is 1. The zero-order valence-corrected chi connectivity index (χ0v) is 18.5. The van der Waals surface area contributed by atoms with Crippen LogP contribution in [0.4, 0.5) is 5.69 Å². The van der Waals surface area contributed by atoms with Crippen LogP contribution in [0.3, 0.4) is 0 Å². The zero-order chi connectivity index (χ0) is 22.6. The zero-order valence-electron chi connectivity index (χ0n) is 18.5. The molecular weight excluding hydrogens is 414 g/mol. The highest BCUT2D eigenvalue weighted by Gasteiger charge is 2.26. The van der Waals surface area contributed by atoms with Crippen molar-refractivity contribution in [2.24, 2.45) is 0 Å². The number of benzene rings is 2. The van der Waals surface area contributed by atoms with Gasteiger partial charge >= 0.3 is 0 Å². The topological polar surface area (TPSA) is 63.5 Å². The summed E-state index contributed by atoms with van der Waals surface area (Å²) in [5, 5.41) is 4.70. The molecule has 33 heavy (non-hydrogen) atoms. The molecule has 0 unspecified atom stereocenters. The number of methoxy groups -OCH3 is 1. The quantitative estimate of drug-likeness (QED) is 0.472. The second kappa shape index (κ2) is 9.16. The number of aromatic nitrogens is 3. The fraction of sp³-hybridized carbons (Fsp3) is 0.192. The number of para-hydroxylation sites is 3. The summed E-state index contributed by atoms with van der Waals surface area (Å²) in [4.78, 5) is 21.8. The molecule has 7 nitrogen and oxygen atoms in total. The molecule has 4 aromatic rings. The maximum absolute atomic E-state index is 13.4. The Balaban J connectivity index is 1.39. The molecule has 0 aliphatic carbocycles. The van der Waals surface area contributed by atoms with Crippen molar-refractivity contribution in [3.63, 3.8) is 0 Å². The molecule has 166 valence electrons. The maximum Gasteiger partial charge on any atom is 0.274 e. The smallest absolute Gasteiger partial charge is 0.274 e. The van der Waals surface area contributed by atoms with Crippen LogP contribution in [-0.4, -0.2) is 58.9 Å². The van der Waals surface area contributed by atoms with Gasteiger partial charge in [0.25, 0.3) is 5.91 Å². The van der Waals surface area contributed by atoms with Gasteiger partial charge in [0.15, 0.2) is 5.69 Å². The Kier molecular flexibility index (Phi) is 5.76. The molecule has 0 spiro atoms. The molecule has 7 heteroatoms. The maximum atomic E-state index is 13.4. The monoisotopic (exact) mass is 439 g/mol. The third-order valence-corrected chi connectivity index (χ3v) is 5.88. The van der Waals surface area contributed by atoms with Crippen molar-refractivity contribution in [1.82, 2.24) is 19.7 Å². The van der Waals surface area contributed by atoms with E-state index in [-0.39, 0.29) is 5.91 Å². The first kappa shape index (κ1) is 20.8. The number of hydrogen-bond donors (Lipinski definition) is 0. The Morgan fingerprint density at radius 3 is 2.39 bits per heavy atom. The molecule has 0 atom stereocenters. The lowest BCUT2D eigenvalue weighted by atomic mass is 10.2. The number of pyridine rings is 1. The summed E-state index contributed by atoms with van der Waals surface area (Å²) >= 11 is 0. The molecule has 1 aliphatic heterocycles. The first-order valence-electron chi connectivity index (χ1n) is 11.0.